The first kappa shape index (κ1) is 41.7. The molecule has 0 aliphatic carbocycles. The van der Waals surface area contributed by atoms with Crippen LogP contribution in [-0.2, 0) is 51.8 Å². The van der Waals surface area contributed by atoms with E-state index in [1.807, 2.05) is 13.8 Å². The second-order valence-electron chi connectivity index (χ2n) is 12.7. The van der Waals surface area contributed by atoms with Gasteiger partial charge in [-0.25, -0.2) is 9.69 Å². The van der Waals surface area contributed by atoms with Crippen LogP contribution in [0.2, 0.25) is 0 Å². The Morgan fingerprint density at radius 2 is 1.45 bits per heavy atom. The zero-order valence-electron chi connectivity index (χ0n) is 30.0. The molecule has 58 heavy (non-hydrogen) atoms. The number of hydrogen-bond donors (Lipinski definition) is 4. The maximum Gasteiger partial charge on any atom is 0.423 e. The molecule has 1 saturated heterocycles. The number of hydrogen-bond acceptors (Lipinski definition) is 15. The van der Waals surface area contributed by atoms with E-state index in [9.17, 15) is 59.8 Å². The predicted octanol–water partition coefficient (Wildman–Crippen LogP) is 0.356. The number of carbonyl (C=O) groups excluding carboxylic acids is 2. The van der Waals surface area contributed by atoms with Crippen molar-refractivity contribution in [1.29, 1.82) is 0 Å². The van der Waals surface area contributed by atoms with Gasteiger partial charge < -0.3 is 24.6 Å². The standard InChI is InChI=1S/C34H30N4O16S4/c1-17-11-21-22(12-18(17)2)53-23(35(21)9-6-10-57(47,48)49)13-20(19-7-4-3-5-8-19)27-30(44)38(16-58(50,51)52)33(55-27)28-31(45)36(14-24(39)40)32(56-28)26-29(43)37(15-25(41)42)34(46)54-26/h3-5,7-8,11-13H,6,9-10,14-16H2,1-2H3,(H,39,40)(H,41,42)(H,47,48,49)(H,50,51,52)/b23-13?,27-20?,32-26+,33-28+. The lowest BCUT2D eigenvalue weighted by Gasteiger charge is -2.19. The maximum atomic E-state index is 14.4. The van der Waals surface area contributed by atoms with E-state index in [1.165, 1.54) is 6.08 Å². The summed E-state index contributed by atoms with van der Waals surface area (Å²) in [6.07, 6.45) is -0.0726. The molecule has 6 rings (SSSR count). The number of aryl methyl sites for hydroxylation is 2. The Balaban J connectivity index is 1.72. The Hall–Kier alpha value is -5.92. The Kier molecular flexibility index (Phi) is 11.4. The molecule has 4 aromatic rings. The largest absolute Gasteiger partial charge is 0.480 e. The van der Waals surface area contributed by atoms with E-state index in [2.05, 4.69) is 0 Å². The van der Waals surface area contributed by atoms with Crippen LogP contribution in [-0.4, -0.2) is 93.0 Å². The van der Waals surface area contributed by atoms with Gasteiger partial charge in [0.2, 0.25) is 11.6 Å². The summed E-state index contributed by atoms with van der Waals surface area (Å²) in [7, 11) is -9.39. The molecule has 0 spiro atoms. The van der Waals surface area contributed by atoms with Crippen LogP contribution < -0.4 is 30.0 Å². The maximum absolute atomic E-state index is 14.4. The summed E-state index contributed by atoms with van der Waals surface area (Å²) in [5.74, 6) is -6.97. The number of carboxylic acid groups (broad SMARTS) is 2. The molecule has 306 valence electrons. The first-order valence-electron chi connectivity index (χ1n) is 16.6. The van der Waals surface area contributed by atoms with Gasteiger partial charge in [-0.15, -0.1) is 22.7 Å². The molecule has 2 aliphatic heterocycles. The second kappa shape index (κ2) is 15.8. The average Bonchev–Trinajstić information content (AvgIpc) is 3.80. The number of rotatable bonds is 12. The van der Waals surface area contributed by atoms with Crippen LogP contribution in [0.15, 0.2) is 64.0 Å². The molecule has 1 fully saturated rings. The first-order valence-corrected chi connectivity index (χ1v) is 21.4. The molecular weight excluding hydrogens is 849 g/mol. The third kappa shape index (κ3) is 8.65. The number of thiazole rings is 2. The van der Waals surface area contributed by atoms with Crippen molar-refractivity contribution in [2.45, 2.75) is 32.7 Å². The van der Waals surface area contributed by atoms with Crippen LogP contribution in [0, 0.1) is 23.0 Å². The lowest BCUT2D eigenvalue weighted by atomic mass is 10.1. The second-order valence-corrected chi connectivity index (χ2v) is 17.7. The highest BCUT2D eigenvalue weighted by Gasteiger charge is 2.40. The molecule has 0 bridgehead atoms. The van der Waals surface area contributed by atoms with Crippen molar-refractivity contribution in [3.8, 4) is 5.75 Å². The number of aliphatic carboxylic acids is 2. The Morgan fingerprint density at radius 1 is 0.793 bits per heavy atom. The van der Waals surface area contributed by atoms with Crippen molar-refractivity contribution in [2.75, 3.05) is 23.7 Å². The molecular formula is C34H30N4O16S4. The van der Waals surface area contributed by atoms with Crippen molar-refractivity contribution >= 4 is 83.9 Å². The van der Waals surface area contributed by atoms with E-state index in [0.29, 0.717) is 48.8 Å². The Labute approximate surface area is 333 Å². The minimum Gasteiger partial charge on any atom is -0.480 e. The molecule has 20 nitrogen and oxygen atoms in total. The van der Waals surface area contributed by atoms with E-state index in [0.717, 1.165) is 11.1 Å². The smallest absolute Gasteiger partial charge is 0.423 e. The van der Waals surface area contributed by atoms with Crippen molar-refractivity contribution in [2.24, 2.45) is 0 Å². The van der Waals surface area contributed by atoms with Gasteiger partial charge >= 0.3 is 23.9 Å². The van der Waals surface area contributed by atoms with Crippen LogP contribution in [0.5, 0.6) is 5.75 Å². The monoisotopic (exact) mass is 878 g/mol. The van der Waals surface area contributed by atoms with Crippen LogP contribution in [0.25, 0.3) is 11.3 Å². The van der Waals surface area contributed by atoms with Crippen LogP contribution in [0.1, 0.15) is 23.1 Å². The quantitative estimate of drug-likeness (QED) is 0.140. The summed E-state index contributed by atoms with van der Waals surface area (Å²) in [6.45, 7) is 1.42. The highest BCUT2D eigenvalue weighted by Crippen LogP contribution is 2.41. The van der Waals surface area contributed by atoms with E-state index in [4.69, 9.17) is 14.6 Å². The zero-order valence-corrected chi connectivity index (χ0v) is 33.2. The fourth-order valence-electron chi connectivity index (χ4n) is 5.94. The van der Waals surface area contributed by atoms with Gasteiger partial charge in [0.15, 0.2) is 11.6 Å². The Bertz CT molecular complexity index is 3040. The van der Waals surface area contributed by atoms with Crippen molar-refractivity contribution in [1.82, 2.24) is 14.0 Å². The number of anilines is 1. The molecule has 2 aromatic carbocycles. The molecule has 4 N–H and O–H groups in total. The lowest BCUT2D eigenvalue weighted by Crippen LogP contribution is -2.35. The van der Waals surface area contributed by atoms with Gasteiger partial charge in [-0.2, -0.15) is 16.8 Å². The van der Waals surface area contributed by atoms with Gasteiger partial charge in [-0.05, 0) is 49.1 Å². The number of allylic oxidation sites excluding steroid dienone is 1. The van der Waals surface area contributed by atoms with Gasteiger partial charge in [0.05, 0.1) is 11.4 Å². The summed E-state index contributed by atoms with van der Waals surface area (Å²) in [6, 6.07) is 11.7. The molecule has 2 aromatic heterocycles. The third-order valence-corrected chi connectivity index (χ3v) is 12.5. The summed E-state index contributed by atoms with van der Waals surface area (Å²) >= 11 is 0.890. The topological polar surface area (TPSA) is 286 Å². The minimum absolute atomic E-state index is 0.00101. The van der Waals surface area contributed by atoms with Crippen molar-refractivity contribution < 1.29 is 64.8 Å². The van der Waals surface area contributed by atoms with E-state index in [-0.39, 0.29) is 33.9 Å². The minimum atomic E-state index is -5.04. The normalized spacial score (nSPS) is 17.1. The summed E-state index contributed by atoms with van der Waals surface area (Å²) < 4.78 is 77.8. The van der Waals surface area contributed by atoms with Gasteiger partial charge in [-0.1, -0.05) is 30.3 Å². The first-order chi connectivity index (χ1) is 27.1. The number of fused-ring (bicyclic) bond motifs is 1. The van der Waals surface area contributed by atoms with Gasteiger partial charge in [0.1, 0.15) is 31.5 Å². The highest BCUT2D eigenvalue weighted by molar-refractivity contribution is 7.85. The lowest BCUT2D eigenvalue weighted by molar-refractivity contribution is -0.140. The van der Waals surface area contributed by atoms with E-state index in [1.54, 1.807) is 47.4 Å². The number of imide groups is 1. The SMILES string of the molecule is Cc1cc2c(cc1C)N(CCCS(=O)(=O)O)C(=CC(c1ccccc1)=c1s/c(=c3/s/c(=C4/OC(=O)N(CC(=O)O)C4=O)n(CC(=O)O)c3=O)n(CS(=O)(=O)O)c1=O)O2. The number of carboxylic acids is 2. The Morgan fingerprint density at radius 3 is 2.07 bits per heavy atom. The number of benzene rings is 2. The third-order valence-electron chi connectivity index (χ3n) is 8.61. The van der Waals surface area contributed by atoms with Crippen molar-refractivity contribution in [3.05, 3.63) is 110 Å². The molecule has 2 amide bonds. The molecule has 0 atom stereocenters. The van der Waals surface area contributed by atoms with Crippen LogP contribution in [0.4, 0.5) is 10.5 Å². The number of aromatic nitrogens is 2. The van der Waals surface area contributed by atoms with Crippen molar-refractivity contribution in [3.63, 3.8) is 0 Å². The van der Waals surface area contributed by atoms with E-state index < -0.39 is 99.6 Å². The molecule has 4 heterocycles. The number of cyclic esters (lactones) is 1. The number of ether oxygens (including phenoxy) is 2. The predicted molar refractivity (Wildman–Crippen MR) is 204 cm³/mol. The van der Waals surface area contributed by atoms with Crippen LogP contribution in [0.3, 0.4) is 0 Å². The zero-order chi connectivity index (χ0) is 42.4. The number of amides is 2. The molecule has 0 unspecified atom stereocenters. The molecule has 2 aliphatic rings. The fourth-order valence-corrected chi connectivity index (χ4v) is 9.52. The van der Waals surface area contributed by atoms with Gasteiger partial charge in [0, 0.05) is 18.2 Å². The number of carbonyl (C=O) groups is 4. The fraction of sp³-hybridized carbons (Fsp3) is 0.235. The van der Waals surface area contributed by atoms with Gasteiger partial charge in [0.25, 0.3) is 31.4 Å². The van der Waals surface area contributed by atoms with Crippen LogP contribution >= 0.6 is 22.7 Å². The summed E-state index contributed by atoms with van der Waals surface area (Å²) in [4.78, 5) is 78.9. The van der Waals surface area contributed by atoms with E-state index >= 15 is 0 Å². The van der Waals surface area contributed by atoms with Gasteiger partial charge in [-0.3, -0.25) is 42.2 Å². The summed E-state index contributed by atoms with van der Waals surface area (Å²) in [5, 5.41) is 18.8. The highest BCUT2D eigenvalue weighted by atomic mass is 32.2. The number of nitrogens with zero attached hydrogens (tertiary/aromatic N) is 4. The summed E-state index contributed by atoms with van der Waals surface area (Å²) in [5.41, 5.74) is 0.441. The average molecular weight is 879 g/mol. The molecule has 24 heteroatoms. The molecule has 0 radical (unpaired) electrons. The molecule has 0 saturated carbocycles.